The van der Waals surface area contributed by atoms with E-state index in [2.05, 4.69) is 5.32 Å². The topological polar surface area (TPSA) is 105 Å². The lowest BCUT2D eigenvalue weighted by molar-refractivity contribution is 0.0925. The van der Waals surface area contributed by atoms with Crippen molar-refractivity contribution in [3.8, 4) is 11.5 Å². The standard InChI is InChI=1S/C20H21N3O6S/c1-28-16-12-18(30(26,27)22-9-7-21-8-10-22)17(29-2)11-15(16)23-19(24)13-5-3-4-6-14(13)20(23)25/h3-6,11-12,21H,7-10H2,1-2H3. The van der Waals surface area contributed by atoms with Crippen LogP contribution in [0.1, 0.15) is 20.7 Å². The van der Waals surface area contributed by atoms with E-state index in [0.29, 0.717) is 26.2 Å². The van der Waals surface area contributed by atoms with Crippen molar-refractivity contribution >= 4 is 27.5 Å². The quantitative estimate of drug-likeness (QED) is 0.707. The molecule has 10 heteroatoms. The van der Waals surface area contributed by atoms with Gasteiger partial charge in [-0.3, -0.25) is 9.59 Å². The lowest BCUT2D eigenvalue weighted by atomic mass is 10.1. The van der Waals surface area contributed by atoms with Crippen LogP contribution in [0.5, 0.6) is 11.5 Å². The Morgan fingerprint density at radius 3 is 2.00 bits per heavy atom. The van der Waals surface area contributed by atoms with E-state index < -0.39 is 21.8 Å². The number of fused-ring (bicyclic) bond motifs is 1. The predicted molar refractivity (Wildman–Crippen MR) is 109 cm³/mol. The zero-order valence-corrected chi connectivity index (χ0v) is 17.4. The third-order valence-corrected chi connectivity index (χ3v) is 7.11. The molecule has 1 saturated heterocycles. The summed E-state index contributed by atoms with van der Waals surface area (Å²) in [6.45, 7) is 1.75. The fourth-order valence-corrected chi connectivity index (χ4v) is 5.26. The van der Waals surface area contributed by atoms with Crippen molar-refractivity contribution in [2.45, 2.75) is 4.90 Å². The van der Waals surface area contributed by atoms with Gasteiger partial charge in [0.1, 0.15) is 16.4 Å². The van der Waals surface area contributed by atoms with Crippen LogP contribution in [0.2, 0.25) is 0 Å². The molecule has 0 radical (unpaired) electrons. The molecule has 0 saturated carbocycles. The van der Waals surface area contributed by atoms with Gasteiger partial charge in [0.25, 0.3) is 11.8 Å². The molecule has 0 unspecified atom stereocenters. The number of benzene rings is 2. The van der Waals surface area contributed by atoms with Crippen molar-refractivity contribution in [2.24, 2.45) is 0 Å². The number of methoxy groups -OCH3 is 2. The van der Waals surface area contributed by atoms with Crippen LogP contribution in [0, 0.1) is 0 Å². The first-order valence-corrected chi connectivity index (χ1v) is 10.8. The van der Waals surface area contributed by atoms with Crippen molar-refractivity contribution < 1.29 is 27.5 Å². The van der Waals surface area contributed by atoms with Gasteiger partial charge in [0, 0.05) is 38.3 Å². The Balaban J connectivity index is 1.82. The van der Waals surface area contributed by atoms with Crippen LogP contribution in [-0.2, 0) is 10.0 Å². The van der Waals surface area contributed by atoms with Gasteiger partial charge in [-0.25, -0.2) is 13.3 Å². The molecule has 2 aromatic rings. The lowest BCUT2D eigenvalue weighted by Gasteiger charge is -2.28. The molecule has 0 bridgehead atoms. The van der Waals surface area contributed by atoms with Crippen LogP contribution in [0.25, 0.3) is 0 Å². The van der Waals surface area contributed by atoms with Gasteiger partial charge in [0.2, 0.25) is 10.0 Å². The lowest BCUT2D eigenvalue weighted by Crippen LogP contribution is -2.46. The summed E-state index contributed by atoms with van der Waals surface area (Å²) >= 11 is 0. The number of hydrogen-bond donors (Lipinski definition) is 1. The Morgan fingerprint density at radius 1 is 0.900 bits per heavy atom. The number of hydrogen-bond acceptors (Lipinski definition) is 7. The molecule has 4 rings (SSSR count). The number of rotatable bonds is 5. The van der Waals surface area contributed by atoms with Gasteiger partial charge in [-0.05, 0) is 12.1 Å². The molecule has 0 spiro atoms. The molecule has 30 heavy (non-hydrogen) atoms. The number of nitrogens with one attached hydrogen (secondary N) is 1. The van der Waals surface area contributed by atoms with Gasteiger partial charge in [-0.1, -0.05) is 12.1 Å². The zero-order chi connectivity index (χ0) is 21.5. The fourth-order valence-electron chi connectivity index (χ4n) is 3.66. The maximum absolute atomic E-state index is 13.2. The third-order valence-electron chi connectivity index (χ3n) is 5.19. The highest BCUT2D eigenvalue weighted by molar-refractivity contribution is 7.89. The highest BCUT2D eigenvalue weighted by atomic mass is 32.2. The number of piperazine rings is 1. The summed E-state index contributed by atoms with van der Waals surface area (Å²) in [5.74, 6) is -0.901. The van der Waals surface area contributed by atoms with Crippen molar-refractivity contribution in [1.82, 2.24) is 9.62 Å². The van der Waals surface area contributed by atoms with Crippen LogP contribution >= 0.6 is 0 Å². The molecular formula is C20H21N3O6S. The normalized spacial score (nSPS) is 17.2. The van der Waals surface area contributed by atoms with Crippen LogP contribution in [0.15, 0.2) is 41.3 Å². The van der Waals surface area contributed by atoms with Gasteiger partial charge >= 0.3 is 0 Å². The Labute approximate surface area is 174 Å². The number of ether oxygens (including phenoxy) is 2. The summed E-state index contributed by atoms with van der Waals surface area (Å²) in [4.78, 5) is 26.7. The van der Waals surface area contributed by atoms with E-state index >= 15 is 0 Å². The number of carbonyl (C=O) groups excluding carboxylic acids is 2. The molecule has 158 valence electrons. The van der Waals surface area contributed by atoms with Crippen LogP contribution in [0.3, 0.4) is 0 Å². The highest BCUT2D eigenvalue weighted by Gasteiger charge is 2.39. The molecule has 2 aromatic carbocycles. The molecule has 9 nitrogen and oxygen atoms in total. The van der Waals surface area contributed by atoms with E-state index in [-0.39, 0.29) is 33.2 Å². The minimum Gasteiger partial charge on any atom is -0.495 e. The van der Waals surface area contributed by atoms with Crippen molar-refractivity contribution in [1.29, 1.82) is 0 Å². The summed E-state index contributed by atoms with van der Waals surface area (Å²) in [6, 6.07) is 9.15. The molecule has 0 aliphatic carbocycles. The van der Waals surface area contributed by atoms with Crippen LogP contribution in [-0.4, -0.2) is 64.9 Å². The second-order valence-corrected chi connectivity index (χ2v) is 8.73. The minimum atomic E-state index is -3.86. The molecule has 2 heterocycles. The number of amides is 2. The number of anilines is 1. The monoisotopic (exact) mass is 431 g/mol. The molecule has 2 aliphatic heterocycles. The second kappa shape index (κ2) is 7.71. The Hall–Kier alpha value is -2.95. The Bertz CT molecular complexity index is 1090. The van der Waals surface area contributed by atoms with E-state index in [4.69, 9.17) is 9.47 Å². The molecule has 2 aliphatic rings. The van der Waals surface area contributed by atoms with E-state index in [9.17, 15) is 18.0 Å². The SMILES string of the molecule is COc1cc(S(=O)(=O)N2CCNCC2)c(OC)cc1N1C(=O)c2ccccc2C1=O. The molecular weight excluding hydrogens is 410 g/mol. The van der Waals surface area contributed by atoms with Crippen molar-refractivity contribution in [2.75, 3.05) is 45.3 Å². The van der Waals surface area contributed by atoms with Gasteiger partial charge in [-0.2, -0.15) is 4.31 Å². The van der Waals surface area contributed by atoms with Crippen LogP contribution in [0.4, 0.5) is 5.69 Å². The highest BCUT2D eigenvalue weighted by Crippen LogP contribution is 2.41. The summed E-state index contributed by atoms with van der Waals surface area (Å²) in [5, 5.41) is 3.11. The largest absolute Gasteiger partial charge is 0.495 e. The smallest absolute Gasteiger partial charge is 0.266 e. The second-order valence-electron chi connectivity index (χ2n) is 6.82. The summed E-state index contributed by atoms with van der Waals surface area (Å²) in [7, 11) is -1.17. The number of carbonyl (C=O) groups is 2. The minimum absolute atomic E-state index is 0.0286. The molecule has 1 N–H and O–H groups in total. The zero-order valence-electron chi connectivity index (χ0n) is 16.5. The average molecular weight is 431 g/mol. The van der Waals surface area contributed by atoms with Gasteiger partial charge < -0.3 is 14.8 Å². The molecule has 0 aromatic heterocycles. The van der Waals surface area contributed by atoms with Crippen LogP contribution < -0.4 is 19.7 Å². The number of sulfonamides is 1. The van der Waals surface area contributed by atoms with E-state index in [0.717, 1.165) is 4.90 Å². The first-order chi connectivity index (χ1) is 14.4. The van der Waals surface area contributed by atoms with Gasteiger partial charge in [0.05, 0.1) is 31.0 Å². The summed E-state index contributed by atoms with van der Waals surface area (Å²) in [5.41, 5.74) is 0.682. The fraction of sp³-hybridized carbons (Fsp3) is 0.300. The van der Waals surface area contributed by atoms with E-state index in [1.165, 1.54) is 30.7 Å². The summed E-state index contributed by atoms with van der Waals surface area (Å²) in [6.07, 6.45) is 0. The Morgan fingerprint density at radius 2 is 1.47 bits per heavy atom. The molecule has 1 fully saturated rings. The number of nitrogens with zero attached hydrogens (tertiary/aromatic N) is 2. The Kier molecular flexibility index (Phi) is 5.22. The van der Waals surface area contributed by atoms with E-state index in [1.807, 2.05) is 0 Å². The molecule has 0 atom stereocenters. The third kappa shape index (κ3) is 3.13. The van der Waals surface area contributed by atoms with Gasteiger partial charge in [0.15, 0.2) is 0 Å². The summed E-state index contributed by atoms with van der Waals surface area (Å²) < 4.78 is 38.5. The van der Waals surface area contributed by atoms with Crippen molar-refractivity contribution in [3.63, 3.8) is 0 Å². The van der Waals surface area contributed by atoms with Gasteiger partial charge in [-0.15, -0.1) is 0 Å². The first kappa shape index (κ1) is 20.3. The van der Waals surface area contributed by atoms with Crippen molar-refractivity contribution in [3.05, 3.63) is 47.5 Å². The first-order valence-electron chi connectivity index (χ1n) is 9.35. The van der Waals surface area contributed by atoms with E-state index in [1.54, 1.807) is 24.3 Å². The maximum atomic E-state index is 13.2. The predicted octanol–water partition coefficient (Wildman–Crippen LogP) is 1.10. The maximum Gasteiger partial charge on any atom is 0.266 e. The average Bonchev–Trinajstić information content (AvgIpc) is 3.03. The number of imide groups is 1. The molecule has 2 amide bonds.